The molecule has 0 saturated heterocycles. The molecule has 0 radical (unpaired) electrons. The van der Waals surface area contributed by atoms with Gasteiger partial charge in [-0.25, -0.2) is 0 Å². The minimum absolute atomic E-state index is 0.0429. The summed E-state index contributed by atoms with van der Waals surface area (Å²) in [5.74, 6) is -0.174. The molecule has 3 aromatic rings. The van der Waals surface area contributed by atoms with Crippen molar-refractivity contribution in [2.24, 2.45) is 7.05 Å². The normalized spacial score (nSPS) is 12.4. The van der Waals surface area contributed by atoms with Gasteiger partial charge in [-0.3, -0.25) is 19.7 Å². The first kappa shape index (κ1) is 18.5. The van der Waals surface area contributed by atoms with Crippen LogP contribution in [0.15, 0.2) is 53.3 Å². The van der Waals surface area contributed by atoms with Crippen molar-refractivity contribution in [2.75, 3.05) is 0 Å². The summed E-state index contributed by atoms with van der Waals surface area (Å²) in [6, 6.07) is 13.3. The van der Waals surface area contributed by atoms with E-state index in [1.54, 1.807) is 37.4 Å². The van der Waals surface area contributed by atoms with Crippen LogP contribution in [0.1, 0.15) is 21.5 Å². The van der Waals surface area contributed by atoms with Gasteiger partial charge in [-0.15, -0.1) is 11.3 Å². The molecule has 0 aliphatic heterocycles. The summed E-state index contributed by atoms with van der Waals surface area (Å²) in [6.07, 6.45) is 3.04. The van der Waals surface area contributed by atoms with Crippen LogP contribution in [0.4, 0.5) is 5.69 Å². The number of hydrogen-bond donors (Lipinski definition) is 0. The van der Waals surface area contributed by atoms with Crippen LogP contribution >= 0.6 is 11.3 Å². The molecule has 6 nitrogen and oxygen atoms in total. The van der Waals surface area contributed by atoms with Crippen LogP contribution in [0.3, 0.4) is 0 Å². The molecule has 0 bridgehead atoms. The molecule has 0 aliphatic rings. The Bertz CT molecular complexity index is 1220. The number of carbonyl (C=O) groups is 1. The van der Waals surface area contributed by atoms with Crippen molar-refractivity contribution in [1.82, 2.24) is 4.57 Å². The van der Waals surface area contributed by atoms with E-state index in [-0.39, 0.29) is 17.0 Å². The van der Waals surface area contributed by atoms with Crippen molar-refractivity contribution < 1.29 is 9.72 Å². The predicted octanol–water partition coefficient (Wildman–Crippen LogP) is 2.16. The highest BCUT2D eigenvalue weighted by atomic mass is 32.1. The van der Waals surface area contributed by atoms with Gasteiger partial charge in [-0.05, 0) is 24.1 Å². The largest absolute Gasteiger partial charge is 0.302 e. The third-order valence-corrected chi connectivity index (χ3v) is 5.22. The van der Waals surface area contributed by atoms with E-state index < -0.39 is 4.92 Å². The summed E-state index contributed by atoms with van der Waals surface area (Å²) in [7, 11) is 1.60. The summed E-state index contributed by atoms with van der Waals surface area (Å²) in [5.41, 5.74) is 1.71. The highest BCUT2D eigenvalue weighted by molar-refractivity contribution is 7.07. The van der Waals surface area contributed by atoms with E-state index in [2.05, 4.69) is 0 Å². The number of nitrogens with zero attached hydrogens (tertiary/aromatic N) is 2. The first-order chi connectivity index (χ1) is 12.9. The van der Waals surface area contributed by atoms with Gasteiger partial charge in [-0.2, -0.15) is 0 Å². The van der Waals surface area contributed by atoms with Crippen LogP contribution in [-0.2, 0) is 7.05 Å². The second-order valence-corrected chi connectivity index (χ2v) is 7.05. The SMILES string of the molecule is Cc1ccccc1C(=O)/C=c1\s/c(=C\c2cccc([N+](=O)[O-])c2)c(=O)n1C. The summed E-state index contributed by atoms with van der Waals surface area (Å²) < 4.78 is 2.33. The smallest absolute Gasteiger partial charge is 0.270 e. The van der Waals surface area contributed by atoms with Gasteiger partial charge in [0.05, 0.1) is 9.46 Å². The van der Waals surface area contributed by atoms with Gasteiger partial charge in [0.15, 0.2) is 5.78 Å². The molecule has 0 fully saturated rings. The number of hydrogen-bond acceptors (Lipinski definition) is 5. The van der Waals surface area contributed by atoms with Crippen molar-refractivity contribution in [3.63, 3.8) is 0 Å². The number of aryl methyl sites for hydroxylation is 1. The molecule has 2 aromatic carbocycles. The van der Waals surface area contributed by atoms with Crippen molar-refractivity contribution in [1.29, 1.82) is 0 Å². The number of nitro groups is 1. The molecular formula is C20H16N2O4S. The number of benzene rings is 2. The highest BCUT2D eigenvalue weighted by Crippen LogP contribution is 2.13. The Morgan fingerprint density at radius 3 is 2.63 bits per heavy atom. The van der Waals surface area contributed by atoms with E-state index in [9.17, 15) is 19.7 Å². The molecular weight excluding hydrogens is 364 g/mol. The van der Waals surface area contributed by atoms with Gasteiger partial charge in [0.25, 0.3) is 11.2 Å². The lowest BCUT2D eigenvalue weighted by Gasteiger charge is -1.99. The maximum Gasteiger partial charge on any atom is 0.270 e. The second kappa shape index (κ2) is 7.51. The molecule has 136 valence electrons. The Kier molecular flexibility index (Phi) is 5.14. The van der Waals surface area contributed by atoms with E-state index in [0.717, 1.165) is 5.56 Å². The average Bonchev–Trinajstić information content (AvgIpc) is 2.90. The number of aromatic nitrogens is 1. The van der Waals surface area contributed by atoms with Crippen LogP contribution in [0.2, 0.25) is 0 Å². The number of non-ortho nitro benzene ring substituents is 1. The fraction of sp³-hybridized carbons (Fsp3) is 0.100. The van der Waals surface area contributed by atoms with E-state index in [1.165, 1.54) is 34.1 Å². The number of nitro benzene ring substituents is 1. The van der Waals surface area contributed by atoms with Crippen LogP contribution in [-0.4, -0.2) is 15.3 Å². The third kappa shape index (κ3) is 3.93. The molecule has 27 heavy (non-hydrogen) atoms. The minimum atomic E-state index is -0.482. The van der Waals surface area contributed by atoms with Gasteiger partial charge in [0, 0.05) is 30.8 Å². The monoisotopic (exact) mass is 380 g/mol. The summed E-state index contributed by atoms with van der Waals surface area (Å²) in [5, 5.41) is 10.9. The van der Waals surface area contributed by atoms with E-state index >= 15 is 0 Å². The molecule has 3 rings (SSSR count). The van der Waals surface area contributed by atoms with Crippen LogP contribution < -0.4 is 14.8 Å². The maximum atomic E-state index is 12.5. The standard InChI is InChI=1S/C20H16N2O4S/c1-13-6-3-4-9-16(13)17(23)12-19-21(2)20(24)18(27-19)11-14-7-5-8-15(10-14)22(25)26/h3-12H,1-2H3/b18-11-,19-12-. The Morgan fingerprint density at radius 1 is 1.19 bits per heavy atom. The van der Waals surface area contributed by atoms with Crippen molar-refractivity contribution in [3.05, 3.63) is 94.9 Å². The Labute approximate surface area is 158 Å². The number of Topliss-reactive ketones (excluding diaryl/α,β-unsaturated/α-hetero) is 1. The quantitative estimate of drug-likeness (QED) is 0.395. The average molecular weight is 380 g/mol. The van der Waals surface area contributed by atoms with Gasteiger partial charge in [0.1, 0.15) is 4.66 Å². The zero-order valence-electron chi connectivity index (χ0n) is 14.7. The van der Waals surface area contributed by atoms with Crippen LogP contribution in [0.25, 0.3) is 12.2 Å². The van der Waals surface area contributed by atoms with Gasteiger partial charge >= 0.3 is 0 Å². The lowest BCUT2D eigenvalue weighted by atomic mass is 10.1. The predicted molar refractivity (Wildman–Crippen MR) is 105 cm³/mol. The molecule has 0 aliphatic carbocycles. The van der Waals surface area contributed by atoms with E-state index in [0.29, 0.717) is 20.3 Å². The maximum absolute atomic E-state index is 12.5. The minimum Gasteiger partial charge on any atom is -0.302 e. The van der Waals surface area contributed by atoms with E-state index in [1.807, 2.05) is 19.1 Å². The molecule has 0 saturated carbocycles. The van der Waals surface area contributed by atoms with Crippen LogP contribution in [0, 0.1) is 17.0 Å². The lowest BCUT2D eigenvalue weighted by Crippen LogP contribution is -2.29. The van der Waals surface area contributed by atoms with Gasteiger partial charge < -0.3 is 4.57 Å². The molecule has 1 aromatic heterocycles. The summed E-state index contributed by atoms with van der Waals surface area (Å²) >= 11 is 1.17. The molecule has 1 heterocycles. The summed E-state index contributed by atoms with van der Waals surface area (Å²) in [6.45, 7) is 1.86. The Hall–Kier alpha value is -3.32. The van der Waals surface area contributed by atoms with Crippen molar-refractivity contribution >= 4 is 35.0 Å². The molecule has 0 spiro atoms. The van der Waals surface area contributed by atoms with Gasteiger partial charge in [0.2, 0.25) is 0 Å². The summed E-state index contributed by atoms with van der Waals surface area (Å²) in [4.78, 5) is 35.4. The number of ketones is 1. The molecule has 0 amide bonds. The zero-order chi connectivity index (χ0) is 19.6. The third-order valence-electron chi connectivity index (χ3n) is 4.10. The molecule has 7 heteroatoms. The van der Waals surface area contributed by atoms with E-state index in [4.69, 9.17) is 0 Å². The topological polar surface area (TPSA) is 82.2 Å². The number of thiazole rings is 1. The fourth-order valence-corrected chi connectivity index (χ4v) is 3.66. The zero-order valence-corrected chi connectivity index (χ0v) is 15.5. The van der Waals surface area contributed by atoms with Crippen LogP contribution in [0.5, 0.6) is 0 Å². The molecule has 0 unspecified atom stereocenters. The molecule has 0 N–H and O–H groups in total. The first-order valence-corrected chi connectivity index (χ1v) is 8.92. The molecule has 0 atom stereocenters. The Balaban J connectivity index is 2.08. The number of rotatable bonds is 4. The first-order valence-electron chi connectivity index (χ1n) is 8.10. The number of carbonyl (C=O) groups excluding carboxylic acids is 1. The Morgan fingerprint density at radius 2 is 1.93 bits per heavy atom. The lowest BCUT2D eigenvalue weighted by molar-refractivity contribution is -0.384. The van der Waals surface area contributed by atoms with Gasteiger partial charge in [-0.1, -0.05) is 36.4 Å². The highest BCUT2D eigenvalue weighted by Gasteiger charge is 2.08. The fourth-order valence-electron chi connectivity index (χ4n) is 2.63. The van der Waals surface area contributed by atoms with Crippen molar-refractivity contribution in [2.45, 2.75) is 6.92 Å². The van der Waals surface area contributed by atoms with Crippen molar-refractivity contribution in [3.8, 4) is 0 Å². The second-order valence-electron chi connectivity index (χ2n) is 5.99.